The molecule has 4 aliphatic carbocycles. The second kappa shape index (κ2) is 6.96. The fourth-order valence-corrected chi connectivity index (χ4v) is 9.41. The van der Waals surface area contributed by atoms with E-state index in [-0.39, 0.29) is 24.0 Å². The van der Waals surface area contributed by atoms with Crippen LogP contribution in [0.4, 0.5) is 0 Å². The molecule has 0 spiro atoms. The summed E-state index contributed by atoms with van der Waals surface area (Å²) in [4.78, 5) is 12.1. The number of hydrogen-bond acceptors (Lipinski definition) is 1. The van der Waals surface area contributed by atoms with Crippen molar-refractivity contribution in [1.82, 2.24) is 0 Å². The number of fused-ring (bicyclic) bond motifs is 5. The minimum atomic E-state index is 0. The molecule has 3 unspecified atom stereocenters. The first-order valence-electron chi connectivity index (χ1n) is 11.7. The zero-order valence-corrected chi connectivity index (χ0v) is 20.0. The Morgan fingerprint density at radius 1 is 0.889 bits per heavy atom. The zero-order chi connectivity index (χ0) is 18.2. The lowest BCUT2D eigenvalue weighted by molar-refractivity contribution is -0.928. The molecule has 154 valence electrons. The zero-order valence-electron chi connectivity index (χ0n) is 17.8. The van der Waals surface area contributed by atoms with Gasteiger partial charge in [0.25, 0.3) is 0 Å². The van der Waals surface area contributed by atoms with Crippen molar-refractivity contribution in [3.63, 3.8) is 0 Å². The van der Waals surface area contributed by atoms with Crippen LogP contribution >= 0.6 is 0 Å². The first kappa shape index (κ1) is 20.6. The molecule has 5 fully saturated rings. The minimum absolute atomic E-state index is 0. The largest absolute Gasteiger partial charge is 1.00 e. The highest BCUT2D eigenvalue weighted by Crippen LogP contribution is 2.67. The average Bonchev–Trinajstić information content (AvgIpc) is 3.19. The molecule has 0 radical (unpaired) electrons. The normalized spacial score (nSPS) is 51.1. The monoisotopic (exact) mass is 485 g/mol. The SMILES string of the molecule is C[C@]12CCC3C(CC[C@H]4CC(=O)CC[C@]34C)C1CC[C@@H]2[N+]1(C)CCCC1.[I-]. The van der Waals surface area contributed by atoms with E-state index in [1.807, 2.05) is 0 Å². The van der Waals surface area contributed by atoms with Gasteiger partial charge in [-0.2, -0.15) is 0 Å². The minimum Gasteiger partial charge on any atom is -1.00 e. The summed E-state index contributed by atoms with van der Waals surface area (Å²) >= 11 is 0. The quantitative estimate of drug-likeness (QED) is 0.411. The number of hydrogen-bond donors (Lipinski definition) is 0. The molecule has 7 atom stereocenters. The standard InChI is InChI=1S/C24H40NO.HI/c1-23-12-10-18(26)16-17(23)6-7-19-20-8-9-22(25(3)14-4-5-15-25)24(20,2)13-11-21(19)23;/h17,19-22H,4-16H2,1-3H3;1H/q+1;/p-1/t17-,19?,20?,21?,22-,23-,24-;/m0./s1. The number of quaternary nitrogens is 1. The van der Waals surface area contributed by atoms with Gasteiger partial charge in [-0.05, 0) is 67.6 Å². The summed E-state index contributed by atoms with van der Waals surface area (Å²) in [5, 5.41) is 0. The van der Waals surface area contributed by atoms with Gasteiger partial charge in [0.2, 0.25) is 0 Å². The Kier molecular flexibility index (Phi) is 5.32. The lowest BCUT2D eigenvalue weighted by Crippen LogP contribution is -3.00. The van der Waals surface area contributed by atoms with E-state index in [0.717, 1.165) is 36.6 Å². The number of rotatable bonds is 1. The van der Waals surface area contributed by atoms with Crippen molar-refractivity contribution in [2.24, 2.45) is 34.5 Å². The van der Waals surface area contributed by atoms with Gasteiger partial charge in [0.15, 0.2) is 0 Å². The summed E-state index contributed by atoms with van der Waals surface area (Å²) in [7, 11) is 2.59. The Balaban J connectivity index is 0.00000180. The third kappa shape index (κ3) is 2.91. The smallest absolute Gasteiger partial charge is 0.133 e. The van der Waals surface area contributed by atoms with Crippen LogP contribution in [-0.2, 0) is 4.79 Å². The number of carbonyl (C=O) groups is 1. The van der Waals surface area contributed by atoms with Gasteiger partial charge in [0, 0.05) is 37.5 Å². The number of halogens is 1. The summed E-state index contributed by atoms with van der Waals surface area (Å²) in [6.45, 7) is 8.16. The van der Waals surface area contributed by atoms with Crippen molar-refractivity contribution >= 4 is 5.78 Å². The van der Waals surface area contributed by atoms with Gasteiger partial charge in [-0.3, -0.25) is 4.79 Å². The molecule has 0 N–H and O–H groups in total. The molecule has 3 heteroatoms. The molecule has 0 aromatic heterocycles. The van der Waals surface area contributed by atoms with Crippen molar-refractivity contribution < 1.29 is 33.3 Å². The van der Waals surface area contributed by atoms with E-state index in [0.29, 0.717) is 22.5 Å². The van der Waals surface area contributed by atoms with Crippen molar-refractivity contribution in [2.75, 3.05) is 20.1 Å². The molecule has 27 heavy (non-hydrogen) atoms. The van der Waals surface area contributed by atoms with Gasteiger partial charge < -0.3 is 28.5 Å². The van der Waals surface area contributed by atoms with Crippen molar-refractivity contribution in [3.05, 3.63) is 0 Å². The van der Waals surface area contributed by atoms with Crippen LogP contribution < -0.4 is 24.0 Å². The summed E-state index contributed by atoms with van der Waals surface area (Å²) in [5.74, 6) is 4.10. The number of ketones is 1. The molecular formula is C24H40INO. The van der Waals surface area contributed by atoms with Gasteiger partial charge in [0.05, 0.1) is 26.2 Å². The number of Topliss-reactive ketones (excluding diaryl/α,β-unsaturated/α-hetero) is 1. The van der Waals surface area contributed by atoms with Gasteiger partial charge in [-0.15, -0.1) is 0 Å². The van der Waals surface area contributed by atoms with Crippen LogP contribution in [0, 0.1) is 34.5 Å². The van der Waals surface area contributed by atoms with Crippen LogP contribution in [0.25, 0.3) is 0 Å². The predicted octanol–water partition coefficient (Wildman–Crippen LogP) is 2.21. The molecule has 5 aliphatic rings. The van der Waals surface area contributed by atoms with Crippen molar-refractivity contribution in [1.29, 1.82) is 0 Å². The molecule has 0 amide bonds. The summed E-state index contributed by atoms with van der Waals surface area (Å²) in [6.07, 6.45) is 14.5. The molecule has 1 heterocycles. The lowest BCUT2D eigenvalue weighted by atomic mass is 9.45. The number of carbonyl (C=O) groups excluding carboxylic acids is 1. The topological polar surface area (TPSA) is 17.1 Å². The fraction of sp³-hybridized carbons (Fsp3) is 0.958. The highest BCUT2D eigenvalue weighted by atomic mass is 127. The second-order valence-corrected chi connectivity index (χ2v) is 11.7. The maximum Gasteiger partial charge on any atom is 0.133 e. The number of nitrogens with zero attached hydrogens (tertiary/aromatic N) is 1. The molecule has 2 nitrogen and oxygen atoms in total. The van der Waals surface area contributed by atoms with Crippen LogP contribution in [0.15, 0.2) is 0 Å². The van der Waals surface area contributed by atoms with E-state index in [2.05, 4.69) is 20.9 Å². The summed E-state index contributed by atoms with van der Waals surface area (Å²) < 4.78 is 1.39. The van der Waals surface area contributed by atoms with Crippen LogP contribution in [0.5, 0.6) is 0 Å². The summed E-state index contributed by atoms with van der Waals surface area (Å²) in [5.41, 5.74) is 1.07. The molecule has 0 aromatic rings. The second-order valence-electron chi connectivity index (χ2n) is 11.7. The van der Waals surface area contributed by atoms with E-state index >= 15 is 0 Å². The Morgan fingerprint density at radius 3 is 2.33 bits per heavy atom. The van der Waals surface area contributed by atoms with Crippen LogP contribution in [0.2, 0.25) is 0 Å². The average molecular weight is 485 g/mol. The Labute approximate surface area is 183 Å². The lowest BCUT2D eigenvalue weighted by Gasteiger charge is -2.60. The third-order valence-corrected chi connectivity index (χ3v) is 10.8. The van der Waals surface area contributed by atoms with E-state index in [1.54, 1.807) is 0 Å². The van der Waals surface area contributed by atoms with E-state index in [4.69, 9.17) is 0 Å². The van der Waals surface area contributed by atoms with Gasteiger partial charge in [0.1, 0.15) is 5.78 Å². The number of likely N-dealkylation sites (tertiary alicyclic amines) is 1. The van der Waals surface area contributed by atoms with Gasteiger partial charge in [-0.25, -0.2) is 0 Å². The maximum atomic E-state index is 12.1. The van der Waals surface area contributed by atoms with Gasteiger partial charge in [-0.1, -0.05) is 13.8 Å². The van der Waals surface area contributed by atoms with Crippen LogP contribution in [-0.4, -0.2) is 36.4 Å². The fourth-order valence-electron chi connectivity index (χ4n) is 9.41. The predicted molar refractivity (Wildman–Crippen MR) is 106 cm³/mol. The molecular weight excluding hydrogens is 445 g/mol. The van der Waals surface area contributed by atoms with E-state index in [1.165, 1.54) is 75.4 Å². The molecule has 0 bridgehead atoms. The first-order chi connectivity index (χ1) is 12.4. The molecule has 1 aliphatic heterocycles. The van der Waals surface area contributed by atoms with Crippen LogP contribution in [0.3, 0.4) is 0 Å². The Hall–Kier alpha value is 0.360. The highest BCUT2D eigenvalue weighted by Gasteiger charge is 2.63. The van der Waals surface area contributed by atoms with E-state index < -0.39 is 0 Å². The van der Waals surface area contributed by atoms with Crippen molar-refractivity contribution in [3.8, 4) is 0 Å². The van der Waals surface area contributed by atoms with E-state index in [9.17, 15) is 4.79 Å². The summed E-state index contributed by atoms with van der Waals surface area (Å²) in [6, 6.07) is 0.925. The third-order valence-electron chi connectivity index (χ3n) is 10.8. The van der Waals surface area contributed by atoms with Crippen LogP contribution in [0.1, 0.15) is 84.5 Å². The maximum absolute atomic E-state index is 12.1. The molecule has 5 rings (SSSR count). The van der Waals surface area contributed by atoms with Gasteiger partial charge >= 0.3 is 0 Å². The Bertz CT molecular complexity index is 599. The molecule has 1 saturated heterocycles. The molecule has 4 saturated carbocycles. The Morgan fingerprint density at radius 2 is 1.59 bits per heavy atom. The highest BCUT2D eigenvalue weighted by molar-refractivity contribution is 5.79. The van der Waals surface area contributed by atoms with Crippen molar-refractivity contribution in [2.45, 2.75) is 90.5 Å². The molecule has 0 aromatic carbocycles. The first-order valence-corrected chi connectivity index (χ1v) is 11.7.